The second-order valence-corrected chi connectivity index (χ2v) is 4.56. The van der Waals surface area contributed by atoms with Crippen molar-refractivity contribution in [2.24, 2.45) is 0 Å². The lowest BCUT2D eigenvalue weighted by atomic mass is 10.0. The standard InChI is InChI=1S/C14H18N2O3/c17-9-7-15-13(18)10-16-8-3-5-11-4-1-2-6-12(11)14(16)19/h1-2,4,6,17H,3,5,7-10H2,(H,15,18). The Balaban J connectivity index is 2.07. The summed E-state index contributed by atoms with van der Waals surface area (Å²) >= 11 is 0. The van der Waals surface area contributed by atoms with Gasteiger partial charge in [-0.2, -0.15) is 0 Å². The average Bonchev–Trinajstić information content (AvgIpc) is 2.58. The number of aliphatic hydroxyl groups is 1. The lowest BCUT2D eigenvalue weighted by molar-refractivity contribution is -0.121. The topological polar surface area (TPSA) is 69.6 Å². The van der Waals surface area contributed by atoms with Crippen LogP contribution in [0.3, 0.4) is 0 Å². The Labute approximate surface area is 112 Å². The molecule has 5 nitrogen and oxygen atoms in total. The van der Waals surface area contributed by atoms with Gasteiger partial charge < -0.3 is 15.3 Å². The molecule has 0 aromatic heterocycles. The van der Waals surface area contributed by atoms with E-state index in [1.807, 2.05) is 24.3 Å². The number of aryl methyl sites for hydroxylation is 1. The molecule has 1 aromatic carbocycles. The number of nitrogens with zero attached hydrogens (tertiary/aromatic N) is 1. The van der Waals surface area contributed by atoms with E-state index in [1.165, 1.54) is 0 Å². The average molecular weight is 262 g/mol. The summed E-state index contributed by atoms with van der Waals surface area (Å²) in [6, 6.07) is 7.53. The molecule has 2 rings (SSSR count). The van der Waals surface area contributed by atoms with Crippen LogP contribution in [0, 0.1) is 0 Å². The van der Waals surface area contributed by atoms with Gasteiger partial charge in [0.1, 0.15) is 0 Å². The molecule has 0 saturated heterocycles. The fourth-order valence-electron chi connectivity index (χ4n) is 2.25. The van der Waals surface area contributed by atoms with E-state index in [9.17, 15) is 9.59 Å². The lowest BCUT2D eigenvalue weighted by Crippen LogP contribution is -2.41. The van der Waals surface area contributed by atoms with Crippen molar-refractivity contribution in [1.29, 1.82) is 0 Å². The molecule has 1 aromatic rings. The Morgan fingerprint density at radius 1 is 1.37 bits per heavy atom. The van der Waals surface area contributed by atoms with Gasteiger partial charge in [-0.05, 0) is 24.5 Å². The molecule has 102 valence electrons. The normalized spacial score (nSPS) is 14.8. The molecule has 5 heteroatoms. The van der Waals surface area contributed by atoms with Crippen molar-refractivity contribution >= 4 is 11.8 Å². The van der Waals surface area contributed by atoms with Crippen LogP contribution in [0.15, 0.2) is 24.3 Å². The maximum Gasteiger partial charge on any atom is 0.254 e. The van der Waals surface area contributed by atoms with Crippen LogP contribution >= 0.6 is 0 Å². The Morgan fingerprint density at radius 2 is 2.16 bits per heavy atom. The molecule has 1 heterocycles. The van der Waals surface area contributed by atoms with Crippen molar-refractivity contribution in [2.75, 3.05) is 26.2 Å². The lowest BCUT2D eigenvalue weighted by Gasteiger charge is -2.20. The highest BCUT2D eigenvalue weighted by Gasteiger charge is 2.23. The zero-order valence-electron chi connectivity index (χ0n) is 10.8. The van der Waals surface area contributed by atoms with Gasteiger partial charge in [-0.15, -0.1) is 0 Å². The minimum Gasteiger partial charge on any atom is -0.395 e. The van der Waals surface area contributed by atoms with Crippen molar-refractivity contribution in [3.05, 3.63) is 35.4 Å². The number of aliphatic hydroxyl groups excluding tert-OH is 1. The second kappa shape index (κ2) is 6.33. The second-order valence-electron chi connectivity index (χ2n) is 4.56. The van der Waals surface area contributed by atoms with Crippen molar-refractivity contribution < 1.29 is 14.7 Å². The Morgan fingerprint density at radius 3 is 2.95 bits per heavy atom. The van der Waals surface area contributed by atoms with Gasteiger partial charge in [0.15, 0.2) is 0 Å². The van der Waals surface area contributed by atoms with Crippen LogP contribution in [0.4, 0.5) is 0 Å². The summed E-state index contributed by atoms with van der Waals surface area (Å²) in [5.41, 5.74) is 1.74. The predicted octanol–water partition coefficient (Wildman–Crippen LogP) is 0.184. The molecule has 0 unspecified atom stereocenters. The van der Waals surface area contributed by atoms with Crippen molar-refractivity contribution in [3.8, 4) is 0 Å². The minimum atomic E-state index is -0.234. The van der Waals surface area contributed by atoms with Gasteiger partial charge in [0.05, 0.1) is 13.2 Å². The van der Waals surface area contributed by atoms with Crippen LogP contribution in [0.5, 0.6) is 0 Å². The molecule has 0 radical (unpaired) electrons. The first-order valence-electron chi connectivity index (χ1n) is 6.47. The van der Waals surface area contributed by atoms with Gasteiger partial charge in [0, 0.05) is 18.7 Å². The molecule has 0 aliphatic carbocycles. The maximum absolute atomic E-state index is 12.3. The molecule has 0 saturated carbocycles. The number of fused-ring (bicyclic) bond motifs is 1. The fourth-order valence-corrected chi connectivity index (χ4v) is 2.25. The van der Waals surface area contributed by atoms with Crippen LogP contribution in [-0.2, 0) is 11.2 Å². The molecule has 19 heavy (non-hydrogen) atoms. The Bertz CT molecular complexity index is 474. The number of benzene rings is 1. The smallest absolute Gasteiger partial charge is 0.254 e. The SMILES string of the molecule is O=C(CN1CCCc2ccccc2C1=O)NCCO. The van der Waals surface area contributed by atoms with Crippen molar-refractivity contribution in [3.63, 3.8) is 0 Å². The summed E-state index contributed by atoms with van der Waals surface area (Å²) in [5, 5.41) is 11.2. The van der Waals surface area contributed by atoms with Crippen molar-refractivity contribution in [2.45, 2.75) is 12.8 Å². The molecule has 2 N–H and O–H groups in total. The molecular formula is C14H18N2O3. The molecular weight excluding hydrogens is 244 g/mol. The van der Waals surface area contributed by atoms with Gasteiger partial charge in [0.2, 0.25) is 5.91 Å². The number of carbonyl (C=O) groups excluding carboxylic acids is 2. The highest BCUT2D eigenvalue weighted by molar-refractivity contribution is 5.98. The third-order valence-electron chi connectivity index (χ3n) is 3.18. The maximum atomic E-state index is 12.3. The van der Waals surface area contributed by atoms with Crippen LogP contribution in [0.2, 0.25) is 0 Å². The highest BCUT2D eigenvalue weighted by Crippen LogP contribution is 2.18. The monoisotopic (exact) mass is 262 g/mol. The molecule has 0 bridgehead atoms. The van der Waals surface area contributed by atoms with Crippen LogP contribution in [0.1, 0.15) is 22.3 Å². The molecule has 0 atom stereocenters. The van der Waals surface area contributed by atoms with Crippen LogP contribution < -0.4 is 5.32 Å². The summed E-state index contributed by atoms with van der Waals surface area (Å²) in [7, 11) is 0. The first kappa shape index (κ1) is 13.5. The van der Waals surface area contributed by atoms with E-state index in [4.69, 9.17) is 5.11 Å². The van der Waals surface area contributed by atoms with Crippen LogP contribution in [-0.4, -0.2) is 48.1 Å². The van der Waals surface area contributed by atoms with Gasteiger partial charge in [0.25, 0.3) is 5.91 Å². The summed E-state index contributed by atoms with van der Waals surface area (Å²) < 4.78 is 0. The summed E-state index contributed by atoms with van der Waals surface area (Å²) in [6.45, 7) is 0.757. The van der Waals surface area contributed by atoms with E-state index in [2.05, 4.69) is 5.32 Å². The summed E-state index contributed by atoms with van der Waals surface area (Å²) in [5.74, 6) is -0.325. The van der Waals surface area contributed by atoms with E-state index in [1.54, 1.807) is 4.90 Å². The van der Waals surface area contributed by atoms with E-state index in [0.717, 1.165) is 18.4 Å². The van der Waals surface area contributed by atoms with E-state index in [-0.39, 0.29) is 31.5 Å². The van der Waals surface area contributed by atoms with E-state index < -0.39 is 0 Å². The molecule has 1 aliphatic heterocycles. The number of nitrogens with one attached hydrogen (secondary N) is 1. The summed E-state index contributed by atoms with van der Waals surface area (Å²) in [6.07, 6.45) is 1.71. The van der Waals surface area contributed by atoms with Gasteiger partial charge in [-0.25, -0.2) is 0 Å². The third kappa shape index (κ3) is 3.32. The Hall–Kier alpha value is -1.88. The summed E-state index contributed by atoms with van der Waals surface area (Å²) in [4.78, 5) is 25.5. The number of rotatable bonds is 4. The van der Waals surface area contributed by atoms with Crippen molar-refractivity contribution in [1.82, 2.24) is 10.2 Å². The molecule has 0 spiro atoms. The molecule has 0 fully saturated rings. The number of hydrogen-bond acceptors (Lipinski definition) is 3. The van der Waals surface area contributed by atoms with Crippen LogP contribution in [0.25, 0.3) is 0 Å². The fraction of sp³-hybridized carbons (Fsp3) is 0.429. The number of hydrogen-bond donors (Lipinski definition) is 2. The zero-order chi connectivity index (χ0) is 13.7. The number of carbonyl (C=O) groups is 2. The molecule has 2 amide bonds. The quantitative estimate of drug-likeness (QED) is 0.813. The first-order valence-corrected chi connectivity index (χ1v) is 6.47. The van der Waals surface area contributed by atoms with E-state index in [0.29, 0.717) is 12.1 Å². The first-order chi connectivity index (χ1) is 9.22. The largest absolute Gasteiger partial charge is 0.395 e. The Kier molecular flexibility index (Phi) is 4.52. The molecule has 1 aliphatic rings. The highest BCUT2D eigenvalue weighted by atomic mass is 16.3. The zero-order valence-corrected chi connectivity index (χ0v) is 10.8. The third-order valence-corrected chi connectivity index (χ3v) is 3.18. The van der Waals surface area contributed by atoms with Gasteiger partial charge >= 0.3 is 0 Å². The van der Waals surface area contributed by atoms with Gasteiger partial charge in [-0.3, -0.25) is 9.59 Å². The van der Waals surface area contributed by atoms with E-state index >= 15 is 0 Å². The van der Waals surface area contributed by atoms with Gasteiger partial charge in [-0.1, -0.05) is 18.2 Å². The number of amides is 2. The predicted molar refractivity (Wildman–Crippen MR) is 70.8 cm³/mol. The minimum absolute atomic E-state index is 0.0488.